The van der Waals surface area contributed by atoms with Crippen molar-refractivity contribution in [1.29, 1.82) is 0 Å². The van der Waals surface area contributed by atoms with Crippen LogP contribution in [0.4, 0.5) is 34.6 Å². The number of halogens is 1. The van der Waals surface area contributed by atoms with Gasteiger partial charge in [0.1, 0.15) is 17.1 Å². The molecule has 0 saturated heterocycles. The van der Waals surface area contributed by atoms with Gasteiger partial charge in [0.15, 0.2) is 5.75 Å². The van der Waals surface area contributed by atoms with E-state index in [-0.39, 0.29) is 88.2 Å². The summed E-state index contributed by atoms with van der Waals surface area (Å²) in [7, 11) is -9.34. The summed E-state index contributed by atoms with van der Waals surface area (Å²) in [4.78, 5) is 11.2. The minimum absolute atomic E-state index is 0. The van der Waals surface area contributed by atoms with E-state index in [0.717, 1.165) is 24.3 Å². The van der Waals surface area contributed by atoms with Gasteiger partial charge in [-0.25, -0.2) is 10.5 Å². The molecule has 279 valence electrons. The summed E-state index contributed by atoms with van der Waals surface area (Å²) < 4.78 is 75.2. The zero-order chi connectivity index (χ0) is 36.9. The molecular weight excluding hydrogens is 850 g/mol. The summed E-state index contributed by atoms with van der Waals surface area (Å²) in [6, 6.07) is 11.8. The number of nitrogens with one attached hydrogen (secondary N) is 2. The molecule has 5 aromatic rings. The first-order valence-corrected chi connectivity index (χ1v) is 17.8. The summed E-state index contributed by atoms with van der Waals surface area (Å²) in [5.74, 6) is -1.58. The van der Waals surface area contributed by atoms with Crippen molar-refractivity contribution in [3.05, 3.63) is 65.9 Å². The first-order valence-electron chi connectivity index (χ1n) is 13.0. The van der Waals surface area contributed by atoms with Gasteiger partial charge in [0.25, 0.3) is 20.2 Å². The first kappa shape index (κ1) is 40.8. The van der Waals surface area contributed by atoms with Crippen molar-refractivity contribution in [2.75, 3.05) is 10.6 Å². The van der Waals surface area contributed by atoms with Gasteiger partial charge < -0.3 is 20.8 Å². The van der Waals surface area contributed by atoms with Crippen molar-refractivity contribution in [2.45, 2.75) is 19.6 Å². The van der Waals surface area contributed by atoms with E-state index in [4.69, 9.17) is 22.1 Å². The van der Waals surface area contributed by atoms with Crippen LogP contribution < -0.4 is 10.6 Å². The van der Waals surface area contributed by atoms with Crippen LogP contribution >= 0.6 is 35.7 Å². The molecule has 21 nitrogen and oxygen atoms in total. The molecule has 0 spiro atoms. The van der Waals surface area contributed by atoms with Crippen LogP contribution in [0.15, 0.2) is 90.5 Å². The first-order chi connectivity index (χ1) is 24.2. The number of azo groups is 1. The SMILES string of the molecule is O=S(=O)(O)c1ccc(Nc2nc(Cl)nc(Nc3cc(S(=O)(=O)O)cc4cc(SOOO)c(N=Nc5cc(SOOO)ccc5O)c(O)c34)n2)cc1.[Cu]. The quantitative estimate of drug-likeness (QED) is 0.0151. The van der Waals surface area contributed by atoms with Gasteiger partial charge in [-0.3, -0.25) is 9.11 Å². The number of nitrogens with zero attached hydrogens (tertiary/aromatic N) is 5. The third-order valence-electron chi connectivity index (χ3n) is 6.20. The largest absolute Gasteiger partial charge is 0.506 e. The standard InChI is InChI=1S/C25H18ClN7O14S4.Cu/c26-23-29-24(27-12-1-4-14(5-2-12)50(38,39)40)31-25(30-23)28-17-10-15(51(41,42)43)7-11-8-19(49-47-45-37)21(22(35)20(11)17)33-32-16-9-13(48-46-44-36)3-6-18(16)34;/h1-10,34-37H,(H,38,39,40)(H,41,42,43)(H2,27,28,29,30,31);. The molecule has 1 aromatic heterocycles. The molecule has 4 aromatic carbocycles. The summed E-state index contributed by atoms with van der Waals surface area (Å²) in [5.41, 5.74) is -0.517. The molecule has 0 saturated carbocycles. The zero-order valence-corrected chi connectivity index (χ0v) is 29.7. The molecule has 1 radical (unpaired) electrons. The van der Waals surface area contributed by atoms with Crippen LogP contribution in [-0.4, -0.2) is 61.6 Å². The summed E-state index contributed by atoms with van der Waals surface area (Å²) in [6.45, 7) is 0. The topological polar surface area (TPSA) is 314 Å². The molecule has 27 heteroatoms. The summed E-state index contributed by atoms with van der Waals surface area (Å²) in [6.07, 6.45) is 0. The fourth-order valence-electron chi connectivity index (χ4n) is 4.13. The third kappa shape index (κ3) is 10.1. The molecule has 0 amide bonds. The van der Waals surface area contributed by atoms with Crippen LogP contribution in [0.1, 0.15) is 0 Å². The van der Waals surface area contributed by atoms with E-state index in [1.807, 2.05) is 0 Å². The van der Waals surface area contributed by atoms with Gasteiger partial charge in [-0.1, -0.05) is 10.1 Å². The smallest absolute Gasteiger partial charge is 0.294 e. The second kappa shape index (κ2) is 17.2. The van der Waals surface area contributed by atoms with E-state index in [0.29, 0.717) is 24.1 Å². The number of phenols is 2. The number of anilines is 4. The van der Waals surface area contributed by atoms with E-state index < -0.39 is 30.9 Å². The van der Waals surface area contributed by atoms with Gasteiger partial charge in [-0.15, -0.1) is 18.9 Å². The van der Waals surface area contributed by atoms with Crippen molar-refractivity contribution in [1.82, 2.24) is 15.0 Å². The van der Waals surface area contributed by atoms with Gasteiger partial charge in [0, 0.05) is 33.0 Å². The second-order valence-electron chi connectivity index (χ2n) is 9.42. The monoisotopic (exact) mass is 866 g/mol. The Labute approximate surface area is 315 Å². The number of hydrogen-bond donors (Lipinski definition) is 8. The zero-order valence-electron chi connectivity index (χ0n) is 24.8. The molecule has 0 bridgehead atoms. The molecule has 8 N–H and O–H groups in total. The minimum atomic E-state index is -4.88. The van der Waals surface area contributed by atoms with Crippen molar-refractivity contribution < 1.29 is 82.5 Å². The number of aromatic nitrogens is 3. The van der Waals surface area contributed by atoms with Gasteiger partial charge in [0.05, 0.1) is 44.5 Å². The van der Waals surface area contributed by atoms with Crippen LogP contribution in [0.25, 0.3) is 10.8 Å². The Hall–Kier alpha value is -3.96. The van der Waals surface area contributed by atoms with Crippen LogP contribution in [0, 0.1) is 0 Å². The Kier molecular flexibility index (Phi) is 13.5. The van der Waals surface area contributed by atoms with Crippen molar-refractivity contribution >= 4 is 101 Å². The number of hydrogen-bond acceptors (Lipinski definition) is 21. The molecular formula is C25H18ClCuN7O14S4. The predicted molar refractivity (Wildman–Crippen MR) is 177 cm³/mol. The van der Waals surface area contributed by atoms with E-state index >= 15 is 0 Å². The fraction of sp³-hybridized carbons (Fsp3) is 0. The molecule has 5 rings (SSSR count). The second-order valence-corrected chi connectivity index (χ2v) is 14.1. The number of rotatable bonds is 14. The normalized spacial score (nSPS) is 11.9. The molecule has 0 fully saturated rings. The Balaban J connectivity index is 0.00000605. The summed E-state index contributed by atoms with van der Waals surface area (Å²) >= 11 is 6.96. The number of phenolic OH excluding ortho intramolecular Hbond substituents is 2. The average molecular weight is 868 g/mol. The van der Waals surface area contributed by atoms with E-state index in [1.54, 1.807) is 0 Å². The van der Waals surface area contributed by atoms with Gasteiger partial charge in [0.2, 0.25) is 17.2 Å². The molecule has 52 heavy (non-hydrogen) atoms. The number of aromatic hydroxyl groups is 2. The maximum atomic E-state index is 12.2. The average Bonchev–Trinajstić information content (AvgIpc) is 3.06. The number of fused-ring (bicyclic) bond motifs is 1. The Morgan fingerprint density at radius 1 is 0.750 bits per heavy atom. The van der Waals surface area contributed by atoms with Crippen molar-refractivity contribution in [2.24, 2.45) is 10.2 Å². The van der Waals surface area contributed by atoms with Crippen LogP contribution in [0.3, 0.4) is 0 Å². The Morgan fingerprint density at radius 3 is 2.02 bits per heavy atom. The van der Waals surface area contributed by atoms with Gasteiger partial charge in [-0.05, 0) is 77.7 Å². The van der Waals surface area contributed by atoms with Crippen LogP contribution in [-0.2, 0) is 56.0 Å². The van der Waals surface area contributed by atoms with Crippen LogP contribution in [0.2, 0.25) is 5.28 Å². The molecule has 0 aliphatic heterocycles. The van der Waals surface area contributed by atoms with Gasteiger partial charge >= 0.3 is 0 Å². The van der Waals surface area contributed by atoms with Crippen molar-refractivity contribution in [3.8, 4) is 11.5 Å². The van der Waals surface area contributed by atoms with E-state index in [1.165, 1.54) is 36.4 Å². The molecule has 0 aliphatic carbocycles. The third-order valence-corrected chi connectivity index (χ3v) is 9.27. The molecule has 0 aliphatic rings. The summed E-state index contributed by atoms with van der Waals surface area (Å²) in [5, 5.41) is 59.0. The fourth-order valence-corrected chi connectivity index (χ4v) is 6.20. The maximum Gasteiger partial charge on any atom is 0.294 e. The molecule has 0 unspecified atom stereocenters. The Bertz CT molecular complexity index is 2360. The predicted octanol–water partition coefficient (Wildman–Crippen LogP) is 6.34. The minimum Gasteiger partial charge on any atom is -0.506 e. The van der Waals surface area contributed by atoms with Gasteiger partial charge in [-0.2, -0.15) is 31.8 Å². The Morgan fingerprint density at radius 2 is 1.38 bits per heavy atom. The molecule has 1 heterocycles. The maximum absolute atomic E-state index is 12.2. The van der Waals surface area contributed by atoms with Crippen molar-refractivity contribution in [3.63, 3.8) is 0 Å². The van der Waals surface area contributed by atoms with E-state index in [2.05, 4.69) is 54.6 Å². The van der Waals surface area contributed by atoms with E-state index in [9.17, 15) is 36.2 Å². The number of benzene rings is 4. The molecule has 0 atom stereocenters. The van der Waals surface area contributed by atoms with Crippen LogP contribution in [0.5, 0.6) is 11.5 Å².